The van der Waals surface area contributed by atoms with Gasteiger partial charge in [0.05, 0.1) is 24.9 Å². The zero-order valence-electron chi connectivity index (χ0n) is 9.94. The van der Waals surface area contributed by atoms with Gasteiger partial charge in [0, 0.05) is 10.5 Å². The van der Waals surface area contributed by atoms with E-state index in [-0.39, 0.29) is 12.6 Å². The van der Waals surface area contributed by atoms with Crippen molar-refractivity contribution in [2.75, 3.05) is 11.5 Å². The second-order valence-electron chi connectivity index (χ2n) is 4.59. The van der Waals surface area contributed by atoms with Gasteiger partial charge in [0.25, 0.3) is 0 Å². The number of hydrogen-bond acceptors (Lipinski definition) is 2. The van der Waals surface area contributed by atoms with E-state index in [0.717, 1.165) is 22.1 Å². The topological polar surface area (TPSA) is 27.8 Å². The molecule has 1 aromatic rings. The Balaban J connectivity index is 2.53. The molecule has 2 rings (SSSR count). The molecule has 1 unspecified atom stereocenters. The number of rotatable bonds is 2. The van der Waals surface area contributed by atoms with Crippen LogP contribution in [-0.4, -0.2) is 23.8 Å². The van der Waals surface area contributed by atoms with Crippen LogP contribution in [0.1, 0.15) is 19.4 Å². The summed E-state index contributed by atoms with van der Waals surface area (Å²) in [7, 11) is 0. The fourth-order valence-electron chi connectivity index (χ4n) is 2.52. The Hall–Kier alpha value is -1.05. The Labute approximate surface area is 110 Å². The highest BCUT2D eigenvalue weighted by Gasteiger charge is 2.32. The summed E-state index contributed by atoms with van der Waals surface area (Å²) in [6.45, 7) is 11.5. The summed E-state index contributed by atoms with van der Waals surface area (Å²) in [6.07, 6.45) is 0.811. The van der Waals surface area contributed by atoms with E-state index in [9.17, 15) is 5.11 Å². The second kappa shape index (κ2) is 4.67. The predicted octanol–water partition coefficient (Wildman–Crippen LogP) is 3.13. The van der Waals surface area contributed by atoms with Gasteiger partial charge in [0.2, 0.25) is 0 Å². The molecule has 1 heterocycles. The molecule has 3 nitrogen and oxygen atoms in total. The molecular formula is C13H15BrN2O. The summed E-state index contributed by atoms with van der Waals surface area (Å²) in [6, 6.07) is 4.24. The third-order valence-corrected chi connectivity index (χ3v) is 3.73. The lowest BCUT2D eigenvalue weighted by molar-refractivity contribution is 0.259. The summed E-state index contributed by atoms with van der Waals surface area (Å²) in [5, 5.41) is 9.46. The minimum absolute atomic E-state index is 0.127. The Morgan fingerprint density at radius 1 is 1.59 bits per heavy atom. The number of aliphatic hydroxyl groups excluding tert-OH is 1. The zero-order valence-corrected chi connectivity index (χ0v) is 11.5. The molecule has 0 aromatic heterocycles. The van der Waals surface area contributed by atoms with Gasteiger partial charge in [-0.3, -0.25) is 0 Å². The van der Waals surface area contributed by atoms with E-state index in [1.807, 2.05) is 12.1 Å². The third-order valence-electron chi connectivity index (χ3n) is 3.13. The molecule has 17 heavy (non-hydrogen) atoms. The van der Waals surface area contributed by atoms with Gasteiger partial charge in [-0.25, -0.2) is 4.85 Å². The predicted molar refractivity (Wildman–Crippen MR) is 72.6 cm³/mol. The molecule has 0 amide bonds. The molecule has 1 aliphatic rings. The Kier molecular flexibility index (Phi) is 3.41. The molecule has 0 radical (unpaired) electrons. The van der Waals surface area contributed by atoms with E-state index in [2.05, 4.69) is 39.5 Å². The second-order valence-corrected chi connectivity index (χ2v) is 5.44. The molecule has 0 saturated heterocycles. The van der Waals surface area contributed by atoms with Crippen LogP contribution in [0.4, 0.5) is 11.4 Å². The van der Waals surface area contributed by atoms with Crippen LogP contribution in [0.15, 0.2) is 16.6 Å². The molecule has 1 N–H and O–H groups in total. The van der Waals surface area contributed by atoms with Crippen LogP contribution in [0.2, 0.25) is 0 Å². The molecule has 90 valence electrons. The summed E-state index contributed by atoms with van der Waals surface area (Å²) in [4.78, 5) is 5.70. The third kappa shape index (κ3) is 2.05. The van der Waals surface area contributed by atoms with Gasteiger partial charge in [-0.15, -0.1) is 0 Å². The lowest BCUT2D eigenvalue weighted by Crippen LogP contribution is -2.40. The fraction of sp³-hybridized carbons (Fsp3) is 0.462. The van der Waals surface area contributed by atoms with E-state index in [0.29, 0.717) is 11.7 Å². The molecule has 0 aliphatic carbocycles. The van der Waals surface area contributed by atoms with Crippen LogP contribution in [0.3, 0.4) is 0 Å². The number of hydrogen-bond donors (Lipinski definition) is 1. The highest BCUT2D eigenvalue weighted by Crippen LogP contribution is 2.42. The van der Waals surface area contributed by atoms with Crippen molar-refractivity contribution < 1.29 is 5.11 Å². The van der Waals surface area contributed by atoms with E-state index >= 15 is 0 Å². The number of benzene rings is 1. The molecule has 1 aromatic carbocycles. The normalized spacial score (nSPS) is 18.4. The van der Waals surface area contributed by atoms with Gasteiger partial charge in [0.15, 0.2) is 5.69 Å². The maximum atomic E-state index is 9.46. The summed E-state index contributed by atoms with van der Waals surface area (Å²) >= 11 is 3.54. The van der Waals surface area contributed by atoms with E-state index in [1.165, 1.54) is 0 Å². The smallest absolute Gasteiger partial charge is 0.188 e. The van der Waals surface area contributed by atoms with Gasteiger partial charge in [-0.05, 0) is 47.8 Å². The lowest BCUT2D eigenvalue weighted by atomic mass is 10.1. The van der Waals surface area contributed by atoms with Crippen LogP contribution >= 0.6 is 15.9 Å². The molecule has 1 atom stereocenters. The first kappa shape index (κ1) is 12.4. The first-order valence-corrected chi connectivity index (χ1v) is 6.46. The fourth-order valence-corrected chi connectivity index (χ4v) is 3.21. The van der Waals surface area contributed by atoms with E-state index < -0.39 is 0 Å². The summed E-state index contributed by atoms with van der Waals surface area (Å²) < 4.78 is 0.950. The Morgan fingerprint density at radius 3 is 2.82 bits per heavy atom. The van der Waals surface area contributed by atoms with Crippen molar-refractivity contribution in [3.8, 4) is 0 Å². The lowest BCUT2D eigenvalue weighted by Gasteiger charge is -2.31. The van der Waals surface area contributed by atoms with Crippen LogP contribution in [-0.2, 0) is 6.42 Å². The maximum absolute atomic E-state index is 9.46. The Morgan fingerprint density at radius 2 is 2.29 bits per heavy atom. The number of nitrogens with zero attached hydrogens (tertiary/aromatic N) is 2. The summed E-state index contributed by atoms with van der Waals surface area (Å²) in [5.74, 6) is 0. The quantitative estimate of drug-likeness (QED) is 0.849. The summed E-state index contributed by atoms with van der Waals surface area (Å²) in [5.41, 5.74) is 2.93. The average Bonchev–Trinajstić information content (AvgIpc) is 2.67. The molecule has 4 heteroatoms. The van der Waals surface area contributed by atoms with E-state index in [1.54, 1.807) is 0 Å². The van der Waals surface area contributed by atoms with Crippen molar-refractivity contribution in [1.29, 1.82) is 0 Å². The van der Waals surface area contributed by atoms with Crippen molar-refractivity contribution >= 4 is 27.3 Å². The molecule has 0 spiro atoms. The molecular weight excluding hydrogens is 280 g/mol. The molecule has 0 bridgehead atoms. The van der Waals surface area contributed by atoms with Crippen molar-refractivity contribution in [3.63, 3.8) is 0 Å². The van der Waals surface area contributed by atoms with Gasteiger partial charge in [-0.1, -0.05) is 6.07 Å². The minimum Gasteiger partial charge on any atom is -0.394 e. The highest BCUT2D eigenvalue weighted by atomic mass is 79.9. The SMILES string of the molecule is [C-]#[N+]c1cc(Br)c2c(c1)CC(CO)N2C(C)C. The Bertz CT molecular complexity index is 479. The van der Waals surface area contributed by atoms with Crippen LogP contribution < -0.4 is 4.90 Å². The number of fused-ring (bicyclic) bond motifs is 1. The minimum atomic E-state index is 0.127. The highest BCUT2D eigenvalue weighted by molar-refractivity contribution is 9.10. The van der Waals surface area contributed by atoms with Crippen LogP contribution in [0.25, 0.3) is 4.85 Å². The van der Waals surface area contributed by atoms with Crippen molar-refractivity contribution in [1.82, 2.24) is 0 Å². The largest absolute Gasteiger partial charge is 0.394 e. The molecule has 0 saturated carbocycles. The first-order chi connectivity index (χ1) is 8.08. The number of anilines is 1. The van der Waals surface area contributed by atoms with Gasteiger partial charge in [0.1, 0.15) is 0 Å². The van der Waals surface area contributed by atoms with E-state index in [4.69, 9.17) is 6.57 Å². The van der Waals surface area contributed by atoms with Crippen molar-refractivity contribution in [2.45, 2.75) is 32.4 Å². The van der Waals surface area contributed by atoms with Crippen molar-refractivity contribution in [2.24, 2.45) is 0 Å². The van der Waals surface area contributed by atoms with Gasteiger partial charge >= 0.3 is 0 Å². The van der Waals surface area contributed by atoms with Gasteiger partial charge in [-0.2, -0.15) is 0 Å². The number of aliphatic hydroxyl groups is 1. The van der Waals surface area contributed by atoms with Crippen LogP contribution in [0.5, 0.6) is 0 Å². The van der Waals surface area contributed by atoms with Crippen molar-refractivity contribution in [3.05, 3.63) is 33.6 Å². The first-order valence-electron chi connectivity index (χ1n) is 5.67. The molecule has 0 fully saturated rings. The zero-order chi connectivity index (χ0) is 12.6. The monoisotopic (exact) mass is 294 g/mol. The standard InChI is InChI=1S/C13H15BrN2O/c1-8(2)16-11(7-17)5-9-4-10(15-3)6-12(14)13(9)16/h4,6,8,11,17H,5,7H2,1-2H3. The maximum Gasteiger partial charge on any atom is 0.188 e. The average molecular weight is 295 g/mol. The van der Waals surface area contributed by atoms with Crippen LogP contribution in [0, 0.1) is 6.57 Å². The molecule has 1 aliphatic heterocycles. The number of halogens is 1. The van der Waals surface area contributed by atoms with Gasteiger partial charge < -0.3 is 10.0 Å².